The van der Waals surface area contributed by atoms with Crippen LogP contribution in [0, 0.1) is 11.3 Å². The Morgan fingerprint density at radius 2 is 1.86 bits per heavy atom. The predicted octanol–water partition coefficient (Wildman–Crippen LogP) is 3.28. The lowest BCUT2D eigenvalue weighted by Gasteiger charge is -2.37. The number of hydrogen-bond acceptors (Lipinski definition) is 1. The second kappa shape index (κ2) is 4.06. The first-order chi connectivity index (χ1) is 6.79. The van der Waals surface area contributed by atoms with Crippen LogP contribution in [0.3, 0.4) is 0 Å². The molecule has 80 valence electrons. The normalized spacial score (nSPS) is 43.8. The summed E-state index contributed by atoms with van der Waals surface area (Å²) in [6.07, 6.45) is 11.9. The molecule has 0 aromatic rings. The highest BCUT2D eigenvalue weighted by molar-refractivity contribution is 5.03. The van der Waals surface area contributed by atoms with Crippen LogP contribution in [0.5, 0.6) is 0 Å². The summed E-state index contributed by atoms with van der Waals surface area (Å²) in [5.74, 6) is 0.579. The Kier molecular flexibility index (Phi) is 2.96. The summed E-state index contributed by atoms with van der Waals surface area (Å²) < 4.78 is 0. The van der Waals surface area contributed by atoms with Gasteiger partial charge in [-0.3, -0.25) is 0 Å². The van der Waals surface area contributed by atoms with Gasteiger partial charge in [0.25, 0.3) is 0 Å². The topological polar surface area (TPSA) is 20.2 Å². The lowest BCUT2D eigenvalue weighted by molar-refractivity contribution is 0.00213. The van der Waals surface area contributed by atoms with Crippen LogP contribution in [0.2, 0.25) is 0 Å². The zero-order valence-electron chi connectivity index (χ0n) is 9.04. The Labute approximate surface area is 87.2 Å². The largest absolute Gasteiger partial charge is 0.393 e. The maximum Gasteiger partial charge on any atom is 0.0602 e. The van der Waals surface area contributed by atoms with Crippen molar-refractivity contribution in [3.8, 4) is 0 Å². The number of allylic oxidation sites excluding steroid dienone is 1. The highest BCUT2D eigenvalue weighted by Crippen LogP contribution is 2.52. The summed E-state index contributed by atoms with van der Waals surface area (Å²) in [6.45, 7) is 3.95. The molecule has 0 aromatic carbocycles. The van der Waals surface area contributed by atoms with E-state index >= 15 is 0 Å². The molecular weight excluding hydrogens is 172 g/mol. The fourth-order valence-electron chi connectivity index (χ4n) is 3.62. The SMILES string of the molecule is C=C[C@H]1CCC[C@@]12CCCCC[C@@H]2O. The molecule has 1 heteroatoms. The minimum absolute atomic E-state index is 0.0597. The first-order valence-corrected chi connectivity index (χ1v) is 6.10. The molecule has 0 amide bonds. The molecule has 1 N–H and O–H groups in total. The summed E-state index contributed by atoms with van der Waals surface area (Å²) in [5.41, 5.74) is 0.220. The summed E-state index contributed by atoms with van der Waals surface area (Å²) in [6, 6.07) is 0. The Hall–Kier alpha value is -0.300. The van der Waals surface area contributed by atoms with Gasteiger partial charge in [-0.05, 0) is 31.6 Å². The lowest BCUT2D eigenvalue weighted by Crippen LogP contribution is -2.36. The van der Waals surface area contributed by atoms with Crippen molar-refractivity contribution in [3.63, 3.8) is 0 Å². The van der Waals surface area contributed by atoms with E-state index in [1.54, 1.807) is 0 Å². The molecule has 0 aliphatic heterocycles. The number of aliphatic hydroxyl groups excluding tert-OH is 1. The Morgan fingerprint density at radius 1 is 1.07 bits per heavy atom. The van der Waals surface area contributed by atoms with Crippen molar-refractivity contribution in [2.75, 3.05) is 0 Å². The third kappa shape index (κ3) is 1.52. The third-order valence-corrected chi connectivity index (χ3v) is 4.46. The van der Waals surface area contributed by atoms with Gasteiger partial charge in [-0.1, -0.05) is 31.8 Å². The molecule has 0 saturated heterocycles. The highest BCUT2D eigenvalue weighted by Gasteiger charge is 2.46. The van der Waals surface area contributed by atoms with Gasteiger partial charge < -0.3 is 5.11 Å². The zero-order valence-corrected chi connectivity index (χ0v) is 9.04. The number of rotatable bonds is 1. The van der Waals surface area contributed by atoms with Crippen molar-refractivity contribution >= 4 is 0 Å². The van der Waals surface area contributed by atoms with Crippen molar-refractivity contribution in [2.45, 2.75) is 57.5 Å². The minimum atomic E-state index is -0.0597. The summed E-state index contributed by atoms with van der Waals surface area (Å²) in [7, 11) is 0. The average Bonchev–Trinajstić information content (AvgIpc) is 2.51. The molecule has 0 aromatic heterocycles. The fourth-order valence-corrected chi connectivity index (χ4v) is 3.62. The van der Waals surface area contributed by atoms with Crippen LogP contribution in [-0.4, -0.2) is 11.2 Å². The van der Waals surface area contributed by atoms with Gasteiger partial charge in [0.2, 0.25) is 0 Å². The minimum Gasteiger partial charge on any atom is -0.393 e. The number of hydrogen-bond donors (Lipinski definition) is 1. The maximum absolute atomic E-state index is 10.3. The summed E-state index contributed by atoms with van der Waals surface area (Å²) in [5, 5.41) is 10.3. The molecule has 0 radical (unpaired) electrons. The highest BCUT2D eigenvalue weighted by atomic mass is 16.3. The first kappa shape index (κ1) is 10.2. The Bertz CT molecular complexity index is 211. The van der Waals surface area contributed by atoms with E-state index in [2.05, 4.69) is 12.7 Å². The maximum atomic E-state index is 10.3. The molecule has 0 heterocycles. The van der Waals surface area contributed by atoms with E-state index in [1.807, 2.05) is 0 Å². The molecule has 2 fully saturated rings. The molecule has 3 atom stereocenters. The van der Waals surface area contributed by atoms with Crippen LogP contribution in [0.4, 0.5) is 0 Å². The molecule has 1 spiro atoms. The molecule has 1 nitrogen and oxygen atoms in total. The molecule has 2 rings (SSSR count). The summed E-state index contributed by atoms with van der Waals surface area (Å²) >= 11 is 0. The molecule has 2 aliphatic rings. The van der Waals surface area contributed by atoms with E-state index in [-0.39, 0.29) is 11.5 Å². The molecule has 2 saturated carbocycles. The lowest BCUT2D eigenvalue weighted by atomic mass is 9.70. The molecule has 0 unspecified atom stereocenters. The Balaban J connectivity index is 2.20. The zero-order chi connectivity index (χ0) is 10.0. The van der Waals surface area contributed by atoms with E-state index in [0.717, 1.165) is 6.42 Å². The van der Waals surface area contributed by atoms with Crippen molar-refractivity contribution in [1.82, 2.24) is 0 Å². The smallest absolute Gasteiger partial charge is 0.0602 e. The molecule has 2 aliphatic carbocycles. The van der Waals surface area contributed by atoms with Gasteiger partial charge in [0.15, 0.2) is 0 Å². The fraction of sp³-hybridized carbons (Fsp3) is 0.846. The molecule has 14 heavy (non-hydrogen) atoms. The van der Waals surface area contributed by atoms with Crippen molar-refractivity contribution < 1.29 is 5.11 Å². The van der Waals surface area contributed by atoms with Gasteiger partial charge in [0.05, 0.1) is 6.10 Å². The van der Waals surface area contributed by atoms with Crippen molar-refractivity contribution in [1.29, 1.82) is 0 Å². The quantitative estimate of drug-likeness (QED) is 0.635. The Morgan fingerprint density at radius 3 is 2.64 bits per heavy atom. The van der Waals surface area contributed by atoms with Crippen LogP contribution >= 0.6 is 0 Å². The monoisotopic (exact) mass is 194 g/mol. The summed E-state index contributed by atoms with van der Waals surface area (Å²) in [4.78, 5) is 0. The predicted molar refractivity (Wildman–Crippen MR) is 59.1 cm³/mol. The van der Waals surface area contributed by atoms with Crippen LogP contribution in [-0.2, 0) is 0 Å². The van der Waals surface area contributed by atoms with Gasteiger partial charge in [-0.2, -0.15) is 0 Å². The average molecular weight is 194 g/mol. The van der Waals surface area contributed by atoms with Gasteiger partial charge in [0.1, 0.15) is 0 Å². The van der Waals surface area contributed by atoms with Crippen LogP contribution in [0.1, 0.15) is 51.4 Å². The number of aliphatic hydroxyl groups is 1. The molecular formula is C13H22O. The second-order valence-corrected chi connectivity index (χ2v) is 5.08. The van der Waals surface area contributed by atoms with E-state index in [1.165, 1.54) is 44.9 Å². The van der Waals surface area contributed by atoms with Gasteiger partial charge in [0, 0.05) is 5.41 Å². The van der Waals surface area contributed by atoms with E-state index in [4.69, 9.17) is 0 Å². The van der Waals surface area contributed by atoms with Crippen LogP contribution in [0.25, 0.3) is 0 Å². The molecule has 0 bridgehead atoms. The van der Waals surface area contributed by atoms with E-state index in [0.29, 0.717) is 5.92 Å². The van der Waals surface area contributed by atoms with Crippen LogP contribution < -0.4 is 0 Å². The van der Waals surface area contributed by atoms with Gasteiger partial charge in [-0.25, -0.2) is 0 Å². The van der Waals surface area contributed by atoms with E-state index < -0.39 is 0 Å². The van der Waals surface area contributed by atoms with Gasteiger partial charge >= 0.3 is 0 Å². The van der Waals surface area contributed by atoms with Crippen molar-refractivity contribution in [2.24, 2.45) is 11.3 Å². The second-order valence-electron chi connectivity index (χ2n) is 5.08. The van der Waals surface area contributed by atoms with Crippen molar-refractivity contribution in [3.05, 3.63) is 12.7 Å². The van der Waals surface area contributed by atoms with Crippen LogP contribution in [0.15, 0.2) is 12.7 Å². The first-order valence-electron chi connectivity index (χ1n) is 6.10. The van der Waals surface area contributed by atoms with E-state index in [9.17, 15) is 5.11 Å². The standard InChI is InChI=1S/C13H22O/c1-2-11-7-6-10-13(11)9-5-3-4-8-12(13)14/h2,11-12,14H,1,3-10H2/t11-,12-,13-/m0/s1. The third-order valence-electron chi connectivity index (χ3n) is 4.46. The van der Waals surface area contributed by atoms with Gasteiger partial charge in [-0.15, -0.1) is 6.58 Å².